The average Bonchev–Trinajstić information content (AvgIpc) is 2.76. The van der Waals surface area contributed by atoms with Crippen LogP contribution in [0.2, 0.25) is 0 Å². The Kier molecular flexibility index (Phi) is 6.37. The van der Waals surface area contributed by atoms with E-state index < -0.39 is 0 Å². The summed E-state index contributed by atoms with van der Waals surface area (Å²) in [6, 6.07) is 11.3. The second-order valence-corrected chi connectivity index (χ2v) is 9.30. The van der Waals surface area contributed by atoms with Crippen LogP contribution in [0.25, 0.3) is 0 Å². The lowest BCUT2D eigenvalue weighted by molar-refractivity contribution is -0.140. The maximum Gasteiger partial charge on any atom is 0.233 e. The molecule has 4 rings (SSSR count). The molecule has 0 unspecified atom stereocenters. The van der Waals surface area contributed by atoms with Crippen LogP contribution in [-0.4, -0.2) is 61.0 Å². The molecular weight excluding hydrogens is 346 g/mol. The predicted octanol–water partition coefficient (Wildman–Crippen LogP) is 3.42. The quantitative estimate of drug-likeness (QED) is 0.865. The number of carbonyl (C=O) groups excluding carboxylic acids is 1. The largest absolute Gasteiger partial charge is 0.342 e. The highest BCUT2D eigenvalue weighted by Gasteiger charge is 2.44. The standard InChI is InChI=1S/C24H37N3O/c1-20-8-5-6-16-26(20)18-21-9-7-17-27(19-21)23(28)24(12-14-25-15-13-24)22-10-3-2-4-11-22/h2-4,10-11,20-21,25H,5-9,12-19H2,1H3/t20-,21+/m0/s1. The van der Waals surface area contributed by atoms with Gasteiger partial charge in [-0.3, -0.25) is 4.79 Å². The van der Waals surface area contributed by atoms with Crippen LogP contribution in [0.15, 0.2) is 30.3 Å². The van der Waals surface area contributed by atoms with Crippen LogP contribution in [0.4, 0.5) is 0 Å². The van der Waals surface area contributed by atoms with Gasteiger partial charge in [-0.15, -0.1) is 0 Å². The van der Waals surface area contributed by atoms with Gasteiger partial charge >= 0.3 is 0 Å². The molecule has 0 bridgehead atoms. The van der Waals surface area contributed by atoms with Gasteiger partial charge in [0.2, 0.25) is 5.91 Å². The zero-order valence-electron chi connectivity index (χ0n) is 17.5. The van der Waals surface area contributed by atoms with E-state index in [4.69, 9.17) is 0 Å². The topological polar surface area (TPSA) is 35.6 Å². The molecule has 1 N–H and O–H groups in total. The molecule has 0 radical (unpaired) electrons. The lowest BCUT2D eigenvalue weighted by Crippen LogP contribution is -2.55. The Labute approximate surface area is 170 Å². The number of hydrogen-bond donors (Lipinski definition) is 1. The van der Waals surface area contributed by atoms with E-state index in [0.29, 0.717) is 17.9 Å². The average molecular weight is 384 g/mol. The summed E-state index contributed by atoms with van der Waals surface area (Å²) in [5, 5.41) is 3.46. The Morgan fingerprint density at radius 3 is 2.61 bits per heavy atom. The normalized spacial score (nSPS) is 28.8. The maximum atomic E-state index is 13.9. The molecule has 3 aliphatic heterocycles. The van der Waals surface area contributed by atoms with Crippen molar-refractivity contribution < 1.29 is 4.79 Å². The first-order valence-corrected chi connectivity index (χ1v) is 11.5. The second-order valence-electron chi connectivity index (χ2n) is 9.30. The van der Waals surface area contributed by atoms with E-state index >= 15 is 0 Å². The van der Waals surface area contributed by atoms with Gasteiger partial charge in [-0.25, -0.2) is 0 Å². The third-order valence-electron chi connectivity index (χ3n) is 7.43. The van der Waals surface area contributed by atoms with Crippen molar-refractivity contribution in [2.75, 3.05) is 39.3 Å². The van der Waals surface area contributed by atoms with Crippen LogP contribution in [0.3, 0.4) is 0 Å². The van der Waals surface area contributed by atoms with Gasteiger partial charge in [-0.2, -0.15) is 0 Å². The number of benzene rings is 1. The SMILES string of the molecule is C[C@H]1CCCCN1C[C@H]1CCCN(C(=O)C2(c3ccccc3)CCNCC2)C1. The van der Waals surface area contributed by atoms with Crippen LogP contribution >= 0.6 is 0 Å². The summed E-state index contributed by atoms with van der Waals surface area (Å²) in [6.45, 7) is 8.55. The summed E-state index contributed by atoms with van der Waals surface area (Å²) in [5.74, 6) is 1.02. The molecule has 0 spiro atoms. The Bertz CT molecular complexity index is 641. The van der Waals surface area contributed by atoms with Gasteiger partial charge in [0.25, 0.3) is 0 Å². The molecular formula is C24H37N3O. The fraction of sp³-hybridized carbons (Fsp3) is 0.708. The Balaban J connectivity index is 1.47. The number of rotatable bonds is 4. The lowest BCUT2D eigenvalue weighted by Gasteiger charge is -2.44. The first-order chi connectivity index (χ1) is 13.7. The van der Waals surface area contributed by atoms with Gasteiger partial charge in [0.15, 0.2) is 0 Å². The molecule has 4 heteroatoms. The van der Waals surface area contributed by atoms with Gasteiger partial charge in [0.05, 0.1) is 5.41 Å². The van der Waals surface area contributed by atoms with Gasteiger partial charge < -0.3 is 15.1 Å². The van der Waals surface area contributed by atoms with Crippen LogP contribution in [-0.2, 0) is 10.2 Å². The number of carbonyl (C=O) groups is 1. The fourth-order valence-electron chi connectivity index (χ4n) is 5.70. The van der Waals surface area contributed by atoms with Crippen molar-refractivity contribution in [1.29, 1.82) is 0 Å². The van der Waals surface area contributed by atoms with E-state index in [2.05, 4.69) is 52.4 Å². The molecule has 0 saturated carbocycles. The number of nitrogens with one attached hydrogen (secondary N) is 1. The molecule has 3 aliphatic rings. The number of nitrogens with zero attached hydrogens (tertiary/aromatic N) is 2. The third kappa shape index (κ3) is 4.13. The van der Waals surface area contributed by atoms with Crippen LogP contribution in [0, 0.1) is 5.92 Å². The zero-order valence-corrected chi connectivity index (χ0v) is 17.5. The molecule has 0 aliphatic carbocycles. The van der Waals surface area contributed by atoms with E-state index in [0.717, 1.165) is 45.4 Å². The Morgan fingerprint density at radius 2 is 1.86 bits per heavy atom. The monoisotopic (exact) mass is 383 g/mol. The molecule has 4 nitrogen and oxygen atoms in total. The van der Waals surface area contributed by atoms with Crippen molar-refractivity contribution in [3.63, 3.8) is 0 Å². The summed E-state index contributed by atoms with van der Waals surface area (Å²) in [7, 11) is 0. The first-order valence-electron chi connectivity index (χ1n) is 11.5. The van der Waals surface area contributed by atoms with Crippen molar-refractivity contribution in [3.05, 3.63) is 35.9 Å². The van der Waals surface area contributed by atoms with Crippen LogP contribution in [0.1, 0.15) is 57.4 Å². The Hall–Kier alpha value is -1.39. The van der Waals surface area contributed by atoms with E-state index in [-0.39, 0.29) is 5.41 Å². The molecule has 28 heavy (non-hydrogen) atoms. The van der Waals surface area contributed by atoms with Gasteiger partial charge in [0.1, 0.15) is 0 Å². The number of hydrogen-bond acceptors (Lipinski definition) is 3. The predicted molar refractivity (Wildman–Crippen MR) is 114 cm³/mol. The van der Waals surface area contributed by atoms with E-state index in [1.165, 1.54) is 44.3 Å². The minimum atomic E-state index is -0.327. The van der Waals surface area contributed by atoms with Crippen molar-refractivity contribution >= 4 is 5.91 Å². The third-order valence-corrected chi connectivity index (χ3v) is 7.43. The van der Waals surface area contributed by atoms with Crippen LogP contribution < -0.4 is 5.32 Å². The van der Waals surface area contributed by atoms with Gasteiger partial charge in [0, 0.05) is 25.7 Å². The molecule has 0 aromatic heterocycles. The first kappa shape index (κ1) is 19.9. The number of amides is 1. The Morgan fingerprint density at radius 1 is 1.07 bits per heavy atom. The fourth-order valence-corrected chi connectivity index (χ4v) is 5.70. The summed E-state index contributed by atoms with van der Waals surface area (Å²) < 4.78 is 0. The van der Waals surface area contributed by atoms with E-state index in [9.17, 15) is 4.79 Å². The van der Waals surface area contributed by atoms with Gasteiger partial charge in [-0.1, -0.05) is 36.8 Å². The van der Waals surface area contributed by atoms with Crippen molar-refractivity contribution in [3.8, 4) is 0 Å². The summed E-state index contributed by atoms with van der Waals surface area (Å²) in [4.78, 5) is 18.8. The molecule has 2 atom stereocenters. The zero-order chi connectivity index (χ0) is 19.4. The molecule has 1 aromatic rings. The maximum absolute atomic E-state index is 13.9. The molecule has 3 saturated heterocycles. The second kappa shape index (κ2) is 8.96. The van der Waals surface area contributed by atoms with Crippen molar-refractivity contribution in [1.82, 2.24) is 15.1 Å². The summed E-state index contributed by atoms with van der Waals surface area (Å²) in [5.41, 5.74) is 0.889. The number of likely N-dealkylation sites (tertiary alicyclic amines) is 2. The van der Waals surface area contributed by atoms with E-state index in [1.807, 2.05) is 0 Å². The minimum Gasteiger partial charge on any atom is -0.342 e. The molecule has 154 valence electrons. The summed E-state index contributed by atoms with van der Waals surface area (Å²) in [6.07, 6.45) is 8.30. The van der Waals surface area contributed by atoms with Gasteiger partial charge in [-0.05, 0) is 76.6 Å². The highest BCUT2D eigenvalue weighted by Crippen LogP contribution is 2.37. The number of piperidine rings is 3. The highest BCUT2D eigenvalue weighted by atomic mass is 16.2. The lowest BCUT2D eigenvalue weighted by atomic mass is 9.71. The molecule has 1 amide bonds. The smallest absolute Gasteiger partial charge is 0.233 e. The van der Waals surface area contributed by atoms with Crippen LogP contribution in [0.5, 0.6) is 0 Å². The molecule has 1 aromatic carbocycles. The highest BCUT2D eigenvalue weighted by molar-refractivity contribution is 5.88. The minimum absolute atomic E-state index is 0.327. The molecule has 3 heterocycles. The van der Waals surface area contributed by atoms with E-state index in [1.54, 1.807) is 0 Å². The molecule has 3 fully saturated rings. The van der Waals surface area contributed by atoms with Crippen molar-refractivity contribution in [2.45, 2.75) is 63.3 Å². The summed E-state index contributed by atoms with van der Waals surface area (Å²) >= 11 is 0. The van der Waals surface area contributed by atoms with Crippen molar-refractivity contribution in [2.24, 2.45) is 5.92 Å².